The number of rotatable bonds is 3. The van der Waals surface area contributed by atoms with Crippen molar-refractivity contribution in [1.29, 1.82) is 0 Å². The fourth-order valence-corrected chi connectivity index (χ4v) is 6.57. The van der Waals surface area contributed by atoms with Crippen LogP contribution in [0.1, 0.15) is 22.3 Å². The Kier molecular flexibility index (Phi) is 4.70. The predicted molar refractivity (Wildman–Crippen MR) is 144 cm³/mol. The van der Waals surface area contributed by atoms with Gasteiger partial charge >= 0.3 is 0 Å². The zero-order chi connectivity index (χ0) is 22.0. The summed E-state index contributed by atoms with van der Waals surface area (Å²) in [6, 6.07) is 17.7. The highest BCUT2D eigenvalue weighted by molar-refractivity contribution is 9.11. The third-order valence-corrected chi connectivity index (χ3v) is 8.54. The minimum atomic E-state index is 1.02. The Bertz CT molecular complexity index is 1540. The molecular weight excluding hydrogens is 524 g/mol. The van der Waals surface area contributed by atoms with Crippen LogP contribution in [0, 0.1) is 13.8 Å². The van der Waals surface area contributed by atoms with Crippen LogP contribution in [0.4, 0.5) is 0 Å². The first-order valence-electron chi connectivity index (χ1n) is 10.9. The van der Waals surface area contributed by atoms with Crippen molar-refractivity contribution < 1.29 is 0 Å². The maximum absolute atomic E-state index is 3.87. The van der Waals surface area contributed by atoms with Gasteiger partial charge in [0.05, 0.1) is 0 Å². The van der Waals surface area contributed by atoms with Gasteiger partial charge in [0.25, 0.3) is 0 Å². The molecule has 4 aromatic carbocycles. The lowest BCUT2D eigenvalue weighted by Gasteiger charge is -2.08. The minimum Gasteiger partial charge on any atom is -0.361 e. The molecule has 2 aromatic heterocycles. The van der Waals surface area contributed by atoms with Gasteiger partial charge < -0.3 is 9.97 Å². The summed E-state index contributed by atoms with van der Waals surface area (Å²) >= 11 is 7.73. The van der Waals surface area contributed by atoms with E-state index < -0.39 is 0 Å². The summed E-state index contributed by atoms with van der Waals surface area (Å²) in [5, 5.41) is 7.74. The summed E-state index contributed by atoms with van der Waals surface area (Å²) in [6.45, 7) is 4.48. The number of H-pyrrole nitrogens is 2. The quantitative estimate of drug-likeness (QED) is 0.222. The Labute approximate surface area is 203 Å². The van der Waals surface area contributed by atoms with Crippen LogP contribution < -0.4 is 0 Å². The molecule has 6 aromatic rings. The van der Waals surface area contributed by atoms with E-state index in [4.69, 9.17) is 0 Å². The molecule has 0 fully saturated rings. The van der Waals surface area contributed by atoms with E-state index in [1.807, 2.05) is 12.4 Å². The number of nitrogens with one attached hydrogen (secondary N) is 2. The lowest BCUT2D eigenvalue weighted by atomic mass is 9.98. The van der Waals surface area contributed by atoms with Crippen LogP contribution in [0.15, 0.2) is 69.9 Å². The summed E-state index contributed by atoms with van der Waals surface area (Å²) in [5.41, 5.74) is 7.95. The van der Waals surface area contributed by atoms with E-state index in [2.05, 4.69) is 104 Å². The van der Waals surface area contributed by atoms with Crippen molar-refractivity contribution in [2.45, 2.75) is 26.7 Å². The van der Waals surface area contributed by atoms with E-state index in [0.717, 1.165) is 12.8 Å². The lowest BCUT2D eigenvalue weighted by molar-refractivity contribution is 0.965. The highest BCUT2D eigenvalue weighted by Gasteiger charge is 2.17. The van der Waals surface area contributed by atoms with E-state index in [1.165, 1.54) is 74.5 Å². The molecule has 32 heavy (non-hydrogen) atoms. The molecule has 2 nitrogen and oxygen atoms in total. The Morgan fingerprint density at radius 1 is 0.594 bits per heavy atom. The van der Waals surface area contributed by atoms with Gasteiger partial charge in [-0.05, 0) is 139 Å². The summed E-state index contributed by atoms with van der Waals surface area (Å²) in [4.78, 5) is 6.82. The van der Waals surface area contributed by atoms with Crippen LogP contribution in [-0.2, 0) is 12.8 Å². The third kappa shape index (κ3) is 2.96. The molecule has 0 saturated carbocycles. The smallest absolute Gasteiger partial charge is 0.0471 e. The predicted octanol–water partition coefficient (Wildman–Crippen LogP) is 8.88. The first kappa shape index (κ1) is 20.1. The van der Waals surface area contributed by atoms with Crippen molar-refractivity contribution in [2.75, 3.05) is 0 Å². The zero-order valence-electron chi connectivity index (χ0n) is 17.9. The van der Waals surface area contributed by atoms with Crippen molar-refractivity contribution >= 4 is 75.2 Å². The van der Waals surface area contributed by atoms with Crippen molar-refractivity contribution in [3.63, 3.8) is 0 Å². The maximum Gasteiger partial charge on any atom is 0.0471 e. The molecule has 0 bridgehead atoms. The number of halogens is 2. The fraction of sp³-hybridized carbons (Fsp3) is 0.143. The summed E-state index contributed by atoms with van der Waals surface area (Å²) in [6.07, 6.45) is 6.03. The highest BCUT2D eigenvalue weighted by atomic mass is 79.9. The SMILES string of the molecule is Cc1cc2c(Br)c3ccc[nH]c3cc2c1CCc1c(C)cc2c(Br)c3ccc[nH]c3cc12. The largest absolute Gasteiger partial charge is 0.361 e. The Hall–Kier alpha value is -2.56. The monoisotopic (exact) mass is 544 g/mol. The summed E-state index contributed by atoms with van der Waals surface area (Å²) < 4.78 is 2.36. The van der Waals surface area contributed by atoms with Crippen molar-refractivity contribution in [1.82, 2.24) is 9.97 Å². The molecule has 0 unspecified atom stereocenters. The molecule has 0 saturated heterocycles. The Balaban J connectivity index is 1.47. The summed E-state index contributed by atoms with van der Waals surface area (Å²) in [7, 11) is 0. The Morgan fingerprint density at radius 2 is 1.03 bits per heavy atom. The number of benzene rings is 2. The number of aromatic amines is 2. The second-order valence-electron chi connectivity index (χ2n) is 8.68. The molecule has 0 spiro atoms. The van der Waals surface area contributed by atoms with E-state index in [1.54, 1.807) is 0 Å². The molecule has 2 heterocycles. The molecule has 4 heteroatoms. The van der Waals surface area contributed by atoms with E-state index in [-0.39, 0.29) is 0 Å². The van der Waals surface area contributed by atoms with Crippen molar-refractivity contribution in [3.8, 4) is 0 Å². The molecule has 6 rings (SSSR count). The van der Waals surface area contributed by atoms with Crippen LogP contribution in [-0.4, -0.2) is 9.97 Å². The van der Waals surface area contributed by atoms with Gasteiger partial charge in [0, 0.05) is 43.1 Å². The fourth-order valence-electron chi connectivity index (χ4n) is 5.22. The first-order valence-corrected chi connectivity index (χ1v) is 12.5. The average molecular weight is 546 g/mol. The number of aryl methyl sites for hydroxylation is 4. The molecule has 0 atom stereocenters. The topological polar surface area (TPSA) is 31.6 Å². The molecule has 0 amide bonds. The number of aromatic nitrogens is 2. The number of hydrogen-bond donors (Lipinski definition) is 2. The van der Waals surface area contributed by atoms with Crippen LogP contribution in [0.5, 0.6) is 0 Å². The molecule has 0 aliphatic heterocycles. The molecule has 0 radical (unpaired) electrons. The first-order chi connectivity index (χ1) is 15.5. The van der Waals surface area contributed by atoms with Crippen molar-refractivity contribution in [3.05, 3.63) is 92.1 Å². The summed E-state index contributed by atoms with van der Waals surface area (Å²) in [5.74, 6) is 0. The number of hydrogen-bond acceptors (Lipinski definition) is 0. The van der Waals surface area contributed by atoms with Crippen LogP contribution >= 0.6 is 31.9 Å². The second kappa shape index (κ2) is 7.50. The number of pyridine rings is 2. The lowest BCUT2D eigenvalue weighted by Crippen LogP contribution is -1.94. The van der Waals surface area contributed by atoms with Gasteiger partial charge in [-0.1, -0.05) is 12.1 Å². The highest BCUT2D eigenvalue weighted by Crippen LogP contribution is 2.39. The van der Waals surface area contributed by atoms with Gasteiger partial charge in [0.1, 0.15) is 0 Å². The van der Waals surface area contributed by atoms with Crippen LogP contribution in [0.25, 0.3) is 43.4 Å². The molecule has 158 valence electrons. The molecule has 2 N–H and O–H groups in total. The van der Waals surface area contributed by atoms with Gasteiger partial charge in [-0.3, -0.25) is 0 Å². The van der Waals surface area contributed by atoms with E-state index in [0.29, 0.717) is 0 Å². The molecule has 0 aliphatic rings. The second-order valence-corrected chi connectivity index (χ2v) is 10.3. The minimum absolute atomic E-state index is 1.02. The Morgan fingerprint density at radius 3 is 1.47 bits per heavy atom. The van der Waals surface area contributed by atoms with Gasteiger partial charge in [0.15, 0.2) is 0 Å². The molecule has 0 aliphatic carbocycles. The maximum atomic E-state index is 3.87. The number of fused-ring (bicyclic) bond motifs is 4. The van der Waals surface area contributed by atoms with Gasteiger partial charge in [-0.25, -0.2) is 0 Å². The standard InChI is InChI=1S/C28H22Br2N2/c1-15-11-23-21(13-25-19(27(23)29)5-3-9-31-25)17(15)7-8-18-16(2)12-24-22(18)14-26-20(28(24)30)6-4-10-32-26/h3-6,9-14,31-32H,7-8H2,1-2H3. The van der Waals surface area contributed by atoms with Crippen LogP contribution in [0.2, 0.25) is 0 Å². The van der Waals surface area contributed by atoms with Gasteiger partial charge in [-0.2, -0.15) is 0 Å². The molecular formula is C28H22Br2N2. The third-order valence-electron chi connectivity index (χ3n) is 6.83. The van der Waals surface area contributed by atoms with Crippen molar-refractivity contribution in [2.24, 2.45) is 0 Å². The zero-order valence-corrected chi connectivity index (χ0v) is 21.1. The van der Waals surface area contributed by atoms with E-state index >= 15 is 0 Å². The normalized spacial score (nSPS) is 12.0. The van der Waals surface area contributed by atoms with Crippen LogP contribution in [0.3, 0.4) is 0 Å². The average Bonchev–Trinajstić information content (AvgIpc) is 3.29. The van der Waals surface area contributed by atoms with E-state index in [9.17, 15) is 0 Å². The van der Waals surface area contributed by atoms with Gasteiger partial charge in [0.2, 0.25) is 0 Å². The van der Waals surface area contributed by atoms with Gasteiger partial charge in [-0.15, -0.1) is 0 Å².